The number of nitrogens with one attached hydrogen (secondary N) is 2. The Morgan fingerprint density at radius 3 is 2.75 bits per heavy atom. The molecule has 108 valence electrons. The van der Waals surface area contributed by atoms with Gasteiger partial charge in [0, 0.05) is 29.2 Å². The molecular formula is C12H16N4O2S2. The fraction of sp³-hybridized carbons (Fsp3) is 0.333. The highest BCUT2D eigenvalue weighted by atomic mass is 32.2. The minimum atomic E-state index is -3.62. The van der Waals surface area contributed by atoms with Crippen LogP contribution in [0.2, 0.25) is 0 Å². The first-order valence-electron chi connectivity index (χ1n) is 6.20. The van der Waals surface area contributed by atoms with Crippen LogP contribution in [0.3, 0.4) is 0 Å². The van der Waals surface area contributed by atoms with Crippen molar-refractivity contribution in [3.05, 3.63) is 34.8 Å². The maximum Gasteiger partial charge on any atom is 0.265 e. The number of sulfonamides is 1. The summed E-state index contributed by atoms with van der Waals surface area (Å²) in [5.74, 6) is 0.0735. The molecule has 0 bridgehead atoms. The van der Waals surface area contributed by atoms with Crippen LogP contribution >= 0.6 is 11.3 Å². The van der Waals surface area contributed by atoms with E-state index in [0.29, 0.717) is 6.54 Å². The molecule has 0 spiro atoms. The average Bonchev–Trinajstić information content (AvgIpc) is 2.89. The van der Waals surface area contributed by atoms with Crippen LogP contribution in [-0.4, -0.2) is 24.9 Å². The third kappa shape index (κ3) is 3.99. The van der Waals surface area contributed by atoms with Gasteiger partial charge in [0.05, 0.1) is 4.90 Å². The predicted octanol–water partition coefficient (Wildman–Crippen LogP) is 1.84. The predicted molar refractivity (Wildman–Crippen MR) is 79.2 cm³/mol. The van der Waals surface area contributed by atoms with Gasteiger partial charge in [-0.3, -0.25) is 0 Å². The average molecular weight is 312 g/mol. The van der Waals surface area contributed by atoms with Crippen molar-refractivity contribution >= 4 is 27.3 Å². The zero-order valence-corrected chi connectivity index (χ0v) is 12.7. The number of nitrogens with zero attached hydrogens (tertiary/aromatic N) is 2. The number of anilines is 1. The molecule has 0 atom stereocenters. The molecule has 0 aliphatic carbocycles. The van der Waals surface area contributed by atoms with Crippen LogP contribution in [0.25, 0.3) is 0 Å². The number of thiophene rings is 1. The number of aromatic nitrogens is 2. The van der Waals surface area contributed by atoms with Crippen LogP contribution in [0.1, 0.15) is 18.2 Å². The molecule has 20 heavy (non-hydrogen) atoms. The molecule has 0 saturated heterocycles. The van der Waals surface area contributed by atoms with Crippen LogP contribution in [0.5, 0.6) is 0 Å². The molecule has 0 unspecified atom stereocenters. The molecule has 2 aromatic heterocycles. The second kappa shape index (κ2) is 6.78. The van der Waals surface area contributed by atoms with Crippen LogP contribution in [0, 0.1) is 0 Å². The second-order valence-electron chi connectivity index (χ2n) is 4.10. The van der Waals surface area contributed by atoms with Crippen molar-refractivity contribution in [2.75, 3.05) is 11.3 Å². The molecule has 0 saturated carbocycles. The third-order valence-electron chi connectivity index (χ3n) is 2.46. The summed E-state index contributed by atoms with van der Waals surface area (Å²) < 4.78 is 26.6. The Balaban J connectivity index is 2.06. The summed E-state index contributed by atoms with van der Waals surface area (Å²) in [6, 6.07) is 3.29. The van der Waals surface area contributed by atoms with Crippen LogP contribution in [-0.2, 0) is 16.6 Å². The highest BCUT2D eigenvalue weighted by molar-refractivity contribution is 7.92. The van der Waals surface area contributed by atoms with Gasteiger partial charge in [-0.25, -0.2) is 23.1 Å². The Bertz CT molecular complexity index is 640. The van der Waals surface area contributed by atoms with Crippen molar-refractivity contribution in [2.45, 2.75) is 24.8 Å². The van der Waals surface area contributed by atoms with E-state index >= 15 is 0 Å². The summed E-state index contributed by atoms with van der Waals surface area (Å²) in [6.07, 6.45) is 4.01. The van der Waals surface area contributed by atoms with Crippen molar-refractivity contribution < 1.29 is 8.42 Å². The standard InChI is InChI=1S/C12H16N4O2S2/c1-2-4-13-8-10-7-11(9-19-10)20(17,18)16-12-14-5-3-6-15-12/h3,5-7,9,13H,2,4,8H2,1H3,(H,14,15,16). The molecule has 2 N–H and O–H groups in total. The summed E-state index contributed by atoms with van der Waals surface area (Å²) in [5.41, 5.74) is 0. The van der Waals surface area contributed by atoms with Gasteiger partial charge in [0.1, 0.15) is 0 Å². The minimum Gasteiger partial charge on any atom is -0.312 e. The first-order chi connectivity index (χ1) is 9.62. The van der Waals surface area contributed by atoms with Gasteiger partial charge in [-0.1, -0.05) is 6.92 Å². The molecule has 0 amide bonds. The van der Waals surface area contributed by atoms with Crippen molar-refractivity contribution in [3.63, 3.8) is 0 Å². The molecule has 0 fully saturated rings. The highest BCUT2D eigenvalue weighted by Crippen LogP contribution is 2.20. The van der Waals surface area contributed by atoms with E-state index in [1.54, 1.807) is 17.5 Å². The maximum atomic E-state index is 12.1. The van der Waals surface area contributed by atoms with Gasteiger partial charge in [-0.2, -0.15) is 0 Å². The van der Waals surface area contributed by atoms with E-state index in [-0.39, 0.29) is 10.8 Å². The Morgan fingerprint density at radius 1 is 1.30 bits per heavy atom. The van der Waals surface area contributed by atoms with Crippen molar-refractivity contribution in [1.82, 2.24) is 15.3 Å². The first kappa shape index (κ1) is 14.9. The quantitative estimate of drug-likeness (QED) is 0.762. The van der Waals surface area contributed by atoms with Crippen molar-refractivity contribution in [2.24, 2.45) is 0 Å². The molecule has 0 aliphatic heterocycles. The first-order valence-corrected chi connectivity index (χ1v) is 8.56. The molecule has 6 nitrogen and oxygen atoms in total. The second-order valence-corrected chi connectivity index (χ2v) is 6.78. The normalized spacial score (nSPS) is 11.4. The topological polar surface area (TPSA) is 84.0 Å². The van der Waals surface area contributed by atoms with E-state index in [9.17, 15) is 8.42 Å². The van der Waals surface area contributed by atoms with Crippen LogP contribution in [0.4, 0.5) is 5.95 Å². The Morgan fingerprint density at radius 2 is 2.05 bits per heavy atom. The number of hydrogen-bond acceptors (Lipinski definition) is 6. The third-order valence-corrected chi connectivity index (χ3v) is 4.85. The largest absolute Gasteiger partial charge is 0.312 e. The molecule has 2 aromatic rings. The Kier molecular flexibility index (Phi) is 5.05. The lowest BCUT2D eigenvalue weighted by atomic mass is 10.4. The Labute approximate surface area is 122 Å². The molecule has 2 heterocycles. The van der Waals surface area contributed by atoms with E-state index in [0.717, 1.165) is 17.8 Å². The van der Waals surface area contributed by atoms with Gasteiger partial charge < -0.3 is 5.32 Å². The highest BCUT2D eigenvalue weighted by Gasteiger charge is 2.17. The van der Waals surface area contributed by atoms with E-state index in [1.165, 1.54) is 23.7 Å². The van der Waals surface area contributed by atoms with E-state index < -0.39 is 10.0 Å². The smallest absolute Gasteiger partial charge is 0.265 e. The van der Waals surface area contributed by atoms with E-state index in [4.69, 9.17) is 0 Å². The molecule has 0 aromatic carbocycles. The lowest BCUT2D eigenvalue weighted by molar-refractivity contribution is 0.601. The Hall–Kier alpha value is -1.51. The summed E-state index contributed by atoms with van der Waals surface area (Å²) in [5, 5.41) is 4.86. The molecule has 0 radical (unpaired) electrons. The zero-order valence-electron chi connectivity index (χ0n) is 11.0. The van der Waals surface area contributed by atoms with Gasteiger partial charge >= 0.3 is 0 Å². The summed E-state index contributed by atoms with van der Waals surface area (Å²) in [6.45, 7) is 3.67. The van der Waals surface area contributed by atoms with Gasteiger partial charge in [-0.05, 0) is 25.1 Å². The van der Waals surface area contributed by atoms with E-state index in [2.05, 4.69) is 26.9 Å². The lowest BCUT2D eigenvalue weighted by Gasteiger charge is -2.03. The monoisotopic (exact) mass is 312 g/mol. The molecular weight excluding hydrogens is 296 g/mol. The molecule has 0 aliphatic rings. The van der Waals surface area contributed by atoms with E-state index in [1.807, 2.05) is 0 Å². The van der Waals surface area contributed by atoms with Gasteiger partial charge in [0.25, 0.3) is 10.0 Å². The van der Waals surface area contributed by atoms with Crippen LogP contribution in [0.15, 0.2) is 34.8 Å². The van der Waals surface area contributed by atoms with Gasteiger partial charge in [0.15, 0.2) is 0 Å². The summed E-state index contributed by atoms with van der Waals surface area (Å²) in [4.78, 5) is 8.91. The maximum absolute atomic E-state index is 12.1. The number of hydrogen-bond donors (Lipinski definition) is 2. The zero-order chi connectivity index (χ0) is 14.4. The molecule has 8 heteroatoms. The van der Waals surface area contributed by atoms with Gasteiger partial charge in [-0.15, -0.1) is 11.3 Å². The summed E-state index contributed by atoms with van der Waals surface area (Å²) >= 11 is 1.41. The summed E-state index contributed by atoms with van der Waals surface area (Å²) in [7, 11) is -3.62. The van der Waals surface area contributed by atoms with Crippen molar-refractivity contribution in [1.29, 1.82) is 0 Å². The lowest BCUT2D eigenvalue weighted by Crippen LogP contribution is -2.14. The molecule has 2 rings (SSSR count). The fourth-order valence-corrected chi connectivity index (χ4v) is 3.72. The van der Waals surface area contributed by atoms with Crippen LogP contribution < -0.4 is 10.0 Å². The van der Waals surface area contributed by atoms with Gasteiger partial charge in [0.2, 0.25) is 5.95 Å². The van der Waals surface area contributed by atoms with Crippen molar-refractivity contribution in [3.8, 4) is 0 Å². The number of rotatable bonds is 7. The fourth-order valence-electron chi connectivity index (χ4n) is 1.51. The SMILES string of the molecule is CCCNCc1cc(S(=O)(=O)Nc2ncccn2)cs1. The minimum absolute atomic E-state index is 0.0735.